The second-order valence-electron chi connectivity index (χ2n) is 4.54. The largest absolute Gasteiger partial charge is 0.469 e. The quantitative estimate of drug-likeness (QED) is 0.551. The SMILES string of the molecule is COC(=O)CCN(C)C(=O)CSc1nncn1C(C)C. The lowest BCUT2D eigenvalue weighted by Gasteiger charge is -2.16. The van der Waals surface area contributed by atoms with Gasteiger partial charge in [-0.15, -0.1) is 10.2 Å². The van der Waals surface area contributed by atoms with Crippen LogP contribution in [-0.2, 0) is 14.3 Å². The first-order chi connectivity index (χ1) is 9.45. The van der Waals surface area contributed by atoms with Crippen LogP contribution in [0.1, 0.15) is 26.3 Å². The van der Waals surface area contributed by atoms with E-state index < -0.39 is 0 Å². The number of esters is 1. The van der Waals surface area contributed by atoms with Crippen LogP contribution < -0.4 is 0 Å². The number of methoxy groups -OCH3 is 1. The summed E-state index contributed by atoms with van der Waals surface area (Å²) < 4.78 is 6.45. The highest BCUT2D eigenvalue weighted by atomic mass is 32.2. The van der Waals surface area contributed by atoms with Gasteiger partial charge in [-0.05, 0) is 13.8 Å². The molecule has 1 aromatic heterocycles. The predicted octanol–water partition coefficient (Wildman–Crippen LogP) is 0.973. The third-order valence-electron chi connectivity index (χ3n) is 2.73. The Kier molecular flexibility index (Phi) is 6.50. The number of ether oxygens (including phenoxy) is 1. The third-order valence-corrected chi connectivity index (χ3v) is 3.67. The zero-order chi connectivity index (χ0) is 15.1. The highest BCUT2D eigenvalue weighted by Crippen LogP contribution is 2.18. The molecule has 1 amide bonds. The van der Waals surface area contributed by atoms with Gasteiger partial charge in [0.05, 0.1) is 19.3 Å². The summed E-state index contributed by atoms with van der Waals surface area (Å²) in [5.74, 6) is -0.114. The minimum absolute atomic E-state index is 0.0581. The van der Waals surface area contributed by atoms with Crippen LogP contribution in [-0.4, -0.2) is 58.0 Å². The van der Waals surface area contributed by atoms with Gasteiger partial charge in [0.15, 0.2) is 5.16 Å². The van der Waals surface area contributed by atoms with E-state index in [4.69, 9.17) is 0 Å². The van der Waals surface area contributed by atoms with Crippen LogP contribution in [0.5, 0.6) is 0 Å². The molecule has 0 saturated heterocycles. The number of amides is 1. The van der Waals surface area contributed by atoms with Crippen LogP contribution in [0.15, 0.2) is 11.5 Å². The summed E-state index contributed by atoms with van der Waals surface area (Å²) in [6, 6.07) is 0.250. The number of hydrogen-bond donors (Lipinski definition) is 0. The number of thioether (sulfide) groups is 1. The maximum absolute atomic E-state index is 11.9. The van der Waals surface area contributed by atoms with Crippen LogP contribution in [0.3, 0.4) is 0 Å². The lowest BCUT2D eigenvalue weighted by molar-refractivity contribution is -0.141. The molecule has 0 bridgehead atoms. The summed E-state index contributed by atoms with van der Waals surface area (Å²) in [6.07, 6.45) is 1.85. The smallest absolute Gasteiger partial charge is 0.307 e. The Balaban J connectivity index is 2.42. The fourth-order valence-corrected chi connectivity index (χ4v) is 2.40. The average molecular weight is 300 g/mol. The summed E-state index contributed by atoms with van der Waals surface area (Å²) in [6.45, 7) is 4.40. The Labute approximate surface area is 122 Å². The van der Waals surface area contributed by atoms with Gasteiger partial charge in [0.1, 0.15) is 6.33 Å². The fourth-order valence-electron chi connectivity index (χ4n) is 1.41. The monoisotopic (exact) mass is 300 g/mol. The molecule has 1 aromatic rings. The van der Waals surface area contributed by atoms with E-state index in [2.05, 4.69) is 14.9 Å². The summed E-state index contributed by atoms with van der Waals surface area (Å²) in [4.78, 5) is 24.4. The van der Waals surface area contributed by atoms with Crippen molar-refractivity contribution < 1.29 is 14.3 Å². The van der Waals surface area contributed by atoms with Gasteiger partial charge in [-0.1, -0.05) is 11.8 Å². The molecule has 8 heteroatoms. The maximum Gasteiger partial charge on any atom is 0.307 e. The summed E-state index contributed by atoms with van der Waals surface area (Å²) in [5, 5.41) is 8.55. The van der Waals surface area contributed by atoms with E-state index in [0.717, 1.165) is 5.16 Å². The highest BCUT2D eigenvalue weighted by molar-refractivity contribution is 7.99. The van der Waals surface area contributed by atoms with Crippen molar-refractivity contribution in [3.05, 3.63) is 6.33 Å². The molecule has 0 unspecified atom stereocenters. The van der Waals surface area contributed by atoms with E-state index in [9.17, 15) is 9.59 Å². The van der Waals surface area contributed by atoms with Crippen molar-refractivity contribution in [2.75, 3.05) is 26.5 Å². The normalized spacial score (nSPS) is 10.7. The average Bonchev–Trinajstić information content (AvgIpc) is 2.90. The van der Waals surface area contributed by atoms with Crippen molar-refractivity contribution in [2.45, 2.75) is 31.5 Å². The van der Waals surface area contributed by atoms with E-state index in [1.54, 1.807) is 13.4 Å². The molecule has 112 valence electrons. The van der Waals surface area contributed by atoms with Gasteiger partial charge in [0.2, 0.25) is 5.91 Å². The van der Waals surface area contributed by atoms with Crippen LogP contribution in [0.25, 0.3) is 0 Å². The molecule has 1 rings (SSSR count). The molecule has 1 heterocycles. The molecule has 0 fully saturated rings. The molecule has 0 aliphatic carbocycles. The molecule has 0 spiro atoms. The molecule has 0 atom stereocenters. The van der Waals surface area contributed by atoms with Crippen molar-refractivity contribution in [2.24, 2.45) is 0 Å². The first kappa shape index (κ1) is 16.5. The van der Waals surface area contributed by atoms with Gasteiger partial charge in [-0.2, -0.15) is 0 Å². The lowest BCUT2D eigenvalue weighted by atomic mass is 10.4. The lowest BCUT2D eigenvalue weighted by Crippen LogP contribution is -2.30. The Morgan fingerprint density at radius 2 is 2.20 bits per heavy atom. The third kappa shape index (κ3) is 4.84. The number of carbonyl (C=O) groups excluding carboxylic acids is 2. The van der Waals surface area contributed by atoms with Crippen molar-refractivity contribution >= 4 is 23.6 Å². The standard InChI is InChI=1S/C12H20N4O3S/c1-9(2)16-8-13-14-12(16)20-7-10(17)15(3)6-5-11(18)19-4/h8-9H,5-7H2,1-4H3. The topological polar surface area (TPSA) is 77.3 Å². The van der Waals surface area contributed by atoms with E-state index in [0.29, 0.717) is 6.54 Å². The number of aromatic nitrogens is 3. The minimum Gasteiger partial charge on any atom is -0.469 e. The van der Waals surface area contributed by atoms with Gasteiger partial charge >= 0.3 is 5.97 Å². The molecule has 0 N–H and O–H groups in total. The zero-order valence-electron chi connectivity index (χ0n) is 12.2. The number of hydrogen-bond acceptors (Lipinski definition) is 6. The minimum atomic E-state index is -0.322. The molecule has 0 aliphatic rings. The number of nitrogens with zero attached hydrogens (tertiary/aromatic N) is 4. The second-order valence-corrected chi connectivity index (χ2v) is 5.49. The number of rotatable bonds is 7. The van der Waals surface area contributed by atoms with Gasteiger partial charge in [0.25, 0.3) is 0 Å². The van der Waals surface area contributed by atoms with Crippen LogP contribution in [0.2, 0.25) is 0 Å². The van der Waals surface area contributed by atoms with Crippen LogP contribution in [0, 0.1) is 0 Å². The maximum atomic E-state index is 11.9. The van der Waals surface area contributed by atoms with Gasteiger partial charge in [-0.25, -0.2) is 0 Å². The summed E-state index contributed by atoms with van der Waals surface area (Å²) in [5.41, 5.74) is 0. The second kappa shape index (κ2) is 7.88. The molecule has 7 nitrogen and oxygen atoms in total. The van der Waals surface area contributed by atoms with Gasteiger partial charge < -0.3 is 14.2 Å². The van der Waals surface area contributed by atoms with E-state index >= 15 is 0 Å². The van der Waals surface area contributed by atoms with E-state index in [1.165, 1.54) is 23.8 Å². The van der Waals surface area contributed by atoms with Crippen LogP contribution >= 0.6 is 11.8 Å². The Morgan fingerprint density at radius 1 is 1.50 bits per heavy atom. The number of carbonyl (C=O) groups is 2. The van der Waals surface area contributed by atoms with Crippen molar-refractivity contribution in [1.82, 2.24) is 19.7 Å². The molecular weight excluding hydrogens is 280 g/mol. The van der Waals surface area contributed by atoms with Crippen molar-refractivity contribution in [3.8, 4) is 0 Å². The molecule has 20 heavy (non-hydrogen) atoms. The molecule has 0 aliphatic heterocycles. The van der Waals surface area contributed by atoms with Crippen LogP contribution in [0.4, 0.5) is 0 Å². The Bertz CT molecular complexity index is 461. The molecule has 0 radical (unpaired) electrons. The fraction of sp³-hybridized carbons (Fsp3) is 0.667. The molecule has 0 saturated carbocycles. The molecular formula is C12H20N4O3S. The predicted molar refractivity (Wildman–Crippen MR) is 75.4 cm³/mol. The van der Waals surface area contributed by atoms with Crippen molar-refractivity contribution in [3.63, 3.8) is 0 Å². The van der Waals surface area contributed by atoms with Gasteiger partial charge in [-0.3, -0.25) is 9.59 Å². The Hall–Kier alpha value is -1.57. The van der Waals surface area contributed by atoms with Gasteiger partial charge in [0, 0.05) is 19.6 Å². The summed E-state index contributed by atoms with van der Waals surface area (Å²) >= 11 is 1.34. The van der Waals surface area contributed by atoms with E-state index in [-0.39, 0.29) is 30.1 Å². The first-order valence-electron chi connectivity index (χ1n) is 6.28. The van der Waals surface area contributed by atoms with E-state index in [1.807, 2.05) is 18.4 Å². The summed E-state index contributed by atoms with van der Waals surface area (Å²) in [7, 11) is 3.00. The Morgan fingerprint density at radius 3 is 2.80 bits per heavy atom. The zero-order valence-corrected chi connectivity index (χ0v) is 13.0. The first-order valence-corrected chi connectivity index (χ1v) is 7.27. The highest BCUT2D eigenvalue weighted by Gasteiger charge is 2.14. The molecule has 0 aromatic carbocycles. The van der Waals surface area contributed by atoms with Crippen molar-refractivity contribution in [1.29, 1.82) is 0 Å².